The predicted molar refractivity (Wildman–Crippen MR) is 347 cm³/mol. The van der Waals surface area contributed by atoms with Crippen molar-refractivity contribution in [2.45, 2.75) is 27.7 Å². The van der Waals surface area contributed by atoms with Crippen LogP contribution in [0.5, 0.6) is 0 Å². The molecule has 0 fully saturated rings. The highest BCUT2D eigenvalue weighted by atomic mass is 14.7. The summed E-state index contributed by atoms with van der Waals surface area (Å²) in [4.78, 5) is 10.4. The van der Waals surface area contributed by atoms with Crippen molar-refractivity contribution in [2.75, 3.05) is 0 Å². The minimum absolute atomic E-state index is 0.957. The maximum Gasteiger partial charge on any atom is 0.0715 e. The van der Waals surface area contributed by atoms with Gasteiger partial charge in [0.05, 0.1) is 22.8 Å². The first-order valence-corrected chi connectivity index (χ1v) is 28.2. The molecule has 0 unspecified atom stereocenters. The number of aromatic nitrogens is 2. The summed E-state index contributed by atoms with van der Waals surface area (Å²) >= 11 is 0. The summed E-state index contributed by atoms with van der Waals surface area (Å²) in [6, 6.07) is 108. The van der Waals surface area contributed by atoms with Crippen molar-refractivity contribution in [3.8, 4) is 123 Å². The van der Waals surface area contributed by atoms with Crippen molar-refractivity contribution >= 4 is 0 Å². The molecule has 0 bridgehead atoms. The summed E-state index contributed by atoms with van der Waals surface area (Å²) in [5, 5.41) is 0. The molecule has 392 valence electrons. The lowest BCUT2D eigenvalue weighted by Gasteiger charge is -2.13. The monoisotopic (exact) mass is 1050 g/mol. The Balaban J connectivity index is 0.000000164. The van der Waals surface area contributed by atoms with Crippen molar-refractivity contribution in [2.24, 2.45) is 0 Å². The molecule has 11 aromatic carbocycles. The molecular formula is C80H62N2. The Hall–Kier alpha value is -10.3. The quantitative estimate of drug-likeness (QED) is 0.129. The van der Waals surface area contributed by atoms with Crippen LogP contribution in [0.4, 0.5) is 0 Å². The van der Waals surface area contributed by atoms with Gasteiger partial charge in [0, 0.05) is 22.3 Å². The fraction of sp³-hybridized carbons (Fsp3) is 0.0500. The molecule has 0 spiro atoms. The molecule has 0 amide bonds. The molecule has 82 heavy (non-hydrogen) atoms. The summed E-state index contributed by atoms with van der Waals surface area (Å²) in [5.74, 6) is 0. The van der Waals surface area contributed by atoms with Crippen LogP contribution in [0.15, 0.2) is 303 Å². The van der Waals surface area contributed by atoms with Crippen LogP contribution >= 0.6 is 0 Å². The highest BCUT2D eigenvalue weighted by molar-refractivity contribution is 5.84. The zero-order chi connectivity index (χ0) is 55.8. The Labute approximate surface area is 483 Å². The van der Waals surface area contributed by atoms with E-state index in [9.17, 15) is 0 Å². The standard InChI is InChI=1S/C43H33N.C37H29N/c1-30-11-6-15-33(23-30)36-18-9-21-39(26-36)42-28-41(38-20-8-17-35(25-38)32-13-4-3-5-14-32)29-43(44-42)40-22-10-19-37(27-40)34-16-7-12-31(2)24-34;1-26-9-6-13-31(21-26)32-14-8-16-34(23-32)37-25-35(24-36(38-37)33-15-7-10-27(2)22-33)30-19-17-29(18-20-30)28-11-4-3-5-12-28/h3-29H,1-2H3;3-25H,1-2H3. The predicted octanol–water partition coefficient (Wildman–Crippen LogP) is 21.7. The molecule has 0 atom stereocenters. The molecule has 0 aliphatic rings. The van der Waals surface area contributed by atoms with Gasteiger partial charge in [-0.1, -0.05) is 271 Å². The third-order valence-electron chi connectivity index (χ3n) is 15.1. The Kier molecular flexibility index (Phi) is 15.3. The highest BCUT2D eigenvalue weighted by Gasteiger charge is 2.14. The lowest BCUT2D eigenvalue weighted by Crippen LogP contribution is -1.92. The molecule has 0 aliphatic carbocycles. The van der Waals surface area contributed by atoms with E-state index in [1.165, 1.54) is 89.0 Å². The van der Waals surface area contributed by atoms with Gasteiger partial charge in [-0.05, 0) is 160 Å². The van der Waals surface area contributed by atoms with Gasteiger partial charge in [0.25, 0.3) is 0 Å². The van der Waals surface area contributed by atoms with Gasteiger partial charge in [-0.3, -0.25) is 0 Å². The zero-order valence-electron chi connectivity index (χ0n) is 46.8. The molecule has 0 saturated carbocycles. The third-order valence-corrected chi connectivity index (χ3v) is 15.1. The van der Waals surface area contributed by atoms with Crippen LogP contribution in [0, 0.1) is 27.7 Å². The average Bonchev–Trinajstić information content (AvgIpc) is 3.66. The van der Waals surface area contributed by atoms with Gasteiger partial charge >= 0.3 is 0 Å². The minimum atomic E-state index is 0.957. The van der Waals surface area contributed by atoms with Crippen molar-refractivity contribution in [1.82, 2.24) is 9.97 Å². The van der Waals surface area contributed by atoms with Crippen molar-refractivity contribution < 1.29 is 0 Å². The molecule has 0 aliphatic heterocycles. The Morgan fingerprint density at radius 3 is 0.683 bits per heavy atom. The molecule has 0 N–H and O–H groups in total. The van der Waals surface area contributed by atoms with E-state index in [1.807, 2.05) is 0 Å². The normalized spacial score (nSPS) is 10.9. The lowest BCUT2D eigenvalue weighted by atomic mass is 9.95. The topological polar surface area (TPSA) is 25.8 Å². The Bertz CT molecular complexity index is 4260. The van der Waals surface area contributed by atoms with E-state index in [-0.39, 0.29) is 0 Å². The van der Waals surface area contributed by atoms with Crippen LogP contribution in [0.3, 0.4) is 0 Å². The number of hydrogen-bond donors (Lipinski definition) is 0. The maximum atomic E-state index is 5.28. The number of aryl methyl sites for hydroxylation is 4. The molecule has 0 radical (unpaired) electrons. The van der Waals surface area contributed by atoms with Gasteiger partial charge in [0.15, 0.2) is 0 Å². The number of rotatable bonds is 11. The molecule has 0 saturated heterocycles. The van der Waals surface area contributed by atoms with E-state index in [0.29, 0.717) is 0 Å². The molecular weight excluding hydrogens is 989 g/mol. The molecule has 13 aromatic rings. The number of nitrogens with zero attached hydrogens (tertiary/aromatic N) is 2. The molecule has 2 heterocycles. The first-order valence-electron chi connectivity index (χ1n) is 28.2. The van der Waals surface area contributed by atoms with Crippen LogP contribution in [0.1, 0.15) is 22.3 Å². The van der Waals surface area contributed by atoms with Gasteiger partial charge < -0.3 is 0 Å². The Morgan fingerprint density at radius 2 is 0.341 bits per heavy atom. The van der Waals surface area contributed by atoms with E-state index in [2.05, 4.69) is 331 Å². The second kappa shape index (κ2) is 24.0. The van der Waals surface area contributed by atoms with Crippen LogP contribution in [0.2, 0.25) is 0 Å². The van der Waals surface area contributed by atoms with Crippen molar-refractivity contribution in [3.05, 3.63) is 326 Å². The maximum absolute atomic E-state index is 5.28. The van der Waals surface area contributed by atoms with Gasteiger partial charge in [-0.25, -0.2) is 9.97 Å². The fourth-order valence-electron chi connectivity index (χ4n) is 10.8. The van der Waals surface area contributed by atoms with Crippen molar-refractivity contribution in [1.29, 1.82) is 0 Å². The summed E-state index contributed by atoms with van der Waals surface area (Å²) in [6.45, 7) is 8.54. The second-order valence-corrected chi connectivity index (χ2v) is 21.4. The van der Waals surface area contributed by atoms with Crippen LogP contribution in [-0.4, -0.2) is 9.97 Å². The van der Waals surface area contributed by atoms with E-state index in [1.54, 1.807) is 0 Å². The second-order valence-electron chi connectivity index (χ2n) is 21.4. The highest BCUT2D eigenvalue weighted by Crippen LogP contribution is 2.37. The molecule has 2 heteroatoms. The number of hydrogen-bond acceptors (Lipinski definition) is 2. The third kappa shape index (κ3) is 12.3. The number of pyridine rings is 2. The summed E-state index contributed by atoms with van der Waals surface area (Å²) in [6.07, 6.45) is 0. The fourth-order valence-corrected chi connectivity index (χ4v) is 10.8. The van der Waals surface area contributed by atoms with E-state index in [0.717, 1.165) is 56.2 Å². The SMILES string of the molecule is Cc1cccc(-c2cccc(-c3cc(-c4ccc(-c5ccccc5)cc4)cc(-c4cccc(C)c4)n3)c2)c1.Cc1cccc(-c2cccc(-c3cc(-c4cccc(-c5ccccc5)c4)cc(-c4cccc(-c5cccc(C)c5)c4)n3)c2)c1. The van der Waals surface area contributed by atoms with Crippen LogP contribution < -0.4 is 0 Å². The molecule has 2 aromatic heterocycles. The molecule has 13 rings (SSSR count). The van der Waals surface area contributed by atoms with Gasteiger partial charge in [0.1, 0.15) is 0 Å². The summed E-state index contributed by atoms with van der Waals surface area (Å²) < 4.78 is 0. The van der Waals surface area contributed by atoms with E-state index < -0.39 is 0 Å². The lowest BCUT2D eigenvalue weighted by molar-refractivity contribution is 1.31. The largest absolute Gasteiger partial charge is 0.248 e. The van der Waals surface area contributed by atoms with Crippen molar-refractivity contribution in [3.63, 3.8) is 0 Å². The van der Waals surface area contributed by atoms with Crippen LogP contribution in [-0.2, 0) is 0 Å². The minimum Gasteiger partial charge on any atom is -0.248 e. The average molecular weight is 1050 g/mol. The van der Waals surface area contributed by atoms with Gasteiger partial charge in [-0.15, -0.1) is 0 Å². The molecule has 2 nitrogen and oxygen atoms in total. The first-order chi connectivity index (χ1) is 40.2. The van der Waals surface area contributed by atoms with Crippen LogP contribution in [0.25, 0.3) is 123 Å². The van der Waals surface area contributed by atoms with E-state index in [4.69, 9.17) is 9.97 Å². The summed E-state index contributed by atoms with van der Waals surface area (Å²) in [5.41, 5.74) is 30.0. The van der Waals surface area contributed by atoms with Gasteiger partial charge in [-0.2, -0.15) is 0 Å². The summed E-state index contributed by atoms with van der Waals surface area (Å²) in [7, 11) is 0. The Morgan fingerprint density at radius 1 is 0.146 bits per heavy atom. The zero-order valence-corrected chi connectivity index (χ0v) is 46.8. The van der Waals surface area contributed by atoms with E-state index >= 15 is 0 Å². The number of benzene rings is 11. The smallest absolute Gasteiger partial charge is 0.0715 e. The first kappa shape index (κ1) is 52.4. The van der Waals surface area contributed by atoms with Gasteiger partial charge in [0.2, 0.25) is 0 Å².